The van der Waals surface area contributed by atoms with Gasteiger partial charge in [0.15, 0.2) is 0 Å². The predicted octanol–water partition coefficient (Wildman–Crippen LogP) is 10.1. The summed E-state index contributed by atoms with van der Waals surface area (Å²) in [6.45, 7) is 8.86. The van der Waals surface area contributed by atoms with Crippen LogP contribution in [0.2, 0.25) is 0 Å². The van der Waals surface area contributed by atoms with E-state index in [0.717, 1.165) is 22.6 Å². The van der Waals surface area contributed by atoms with Gasteiger partial charge in [-0.1, -0.05) is 104 Å². The molecule has 42 heavy (non-hydrogen) atoms. The molecule has 0 bridgehead atoms. The third-order valence-corrected chi connectivity index (χ3v) is 11.4. The van der Waals surface area contributed by atoms with E-state index in [1.54, 1.807) is 22.7 Å². The number of hydrogen-bond donors (Lipinski definition) is 2. The van der Waals surface area contributed by atoms with Crippen molar-refractivity contribution in [3.63, 3.8) is 0 Å². The predicted molar refractivity (Wildman–Crippen MR) is 180 cm³/mol. The fourth-order valence-corrected chi connectivity index (χ4v) is 8.67. The number of unbranched alkanes of at least 4 members (excludes halogenated alkanes) is 14. The van der Waals surface area contributed by atoms with Gasteiger partial charge in [0.2, 0.25) is 11.6 Å². The van der Waals surface area contributed by atoms with Crippen LogP contribution in [0.4, 0.5) is 0 Å². The zero-order valence-corrected chi connectivity index (χ0v) is 28.3. The normalized spacial score (nSPS) is 18.2. The van der Waals surface area contributed by atoms with Gasteiger partial charge in [0.25, 0.3) is 0 Å². The second-order valence-corrected chi connectivity index (χ2v) is 15.1. The molecular formula is C36H54N2O2S2. The van der Waals surface area contributed by atoms with Crippen molar-refractivity contribution in [1.82, 2.24) is 10.6 Å². The summed E-state index contributed by atoms with van der Waals surface area (Å²) >= 11 is 3.41. The molecule has 0 amide bonds. The van der Waals surface area contributed by atoms with Gasteiger partial charge in [-0.25, -0.2) is 0 Å². The first-order valence-electron chi connectivity index (χ1n) is 17.0. The van der Waals surface area contributed by atoms with E-state index in [9.17, 15) is 9.59 Å². The molecule has 0 saturated carbocycles. The molecule has 0 aromatic carbocycles. The summed E-state index contributed by atoms with van der Waals surface area (Å²) in [6.07, 6.45) is 23.2. The summed E-state index contributed by atoms with van der Waals surface area (Å²) in [5.41, 5.74) is 3.69. The molecule has 4 heterocycles. The maximum Gasteiger partial charge on any atom is 0.208 e. The average molecular weight is 611 g/mol. The highest BCUT2D eigenvalue weighted by Gasteiger charge is 2.46. The Bertz CT molecular complexity index is 1110. The minimum Gasteiger partial charge on any atom is -0.366 e. The molecule has 0 saturated heterocycles. The first kappa shape index (κ1) is 33.0. The van der Waals surface area contributed by atoms with Crippen LogP contribution in [-0.4, -0.2) is 11.6 Å². The van der Waals surface area contributed by atoms with Gasteiger partial charge in [-0.15, -0.1) is 22.7 Å². The number of Topliss-reactive ketones (excluding diaryl/α,β-unsaturated/α-hetero) is 2. The van der Waals surface area contributed by atoms with Crippen molar-refractivity contribution in [1.29, 1.82) is 0 Å². The average Bonchev–Trinajstić information content (AvgIpc) is 3.71. The van der Waals surface area contributed by atoms with Crippen LogP contribution in [0.3, 0.4) is 0 Å². The van der Waals surface area contributed by atoms with Crippen molar-refractivity contribution >= 4 is 34.2 Å². The first-order chi connectivity index (χ1) is 20.4. The van der Waals surface area contributed by atoms with Crippen LogP contribution in [0, 0.1) is 13.8 Å². The number of rotatable bonds is 20. The highest BCUT2D eigenvalue weighted by molar-refractivity contribution is 7.12. The Morgan fingerprint density at radius 2 is 0.881 bits per heavy atom. The molecule has 2 aromatic rings. The van der Waals surface area contributed by atoms with Gasteiger partial charge in [0.05, 0.1) is 0 Å². The van der Waals surface area contributed by atoms with Crippen LogP contribution < -0.4 is 10.6 Å². The lowest BCUT2D eigenvalue weighted by molar-refractivity contribution is -0.117. The minimum atomic E-state index is -0.439. The molecule has 2 atom stereocenters. The Morgan fingerprint density at radius 1 is 0.548 bits per heavy atom. The number of nitrogens with one attached hydrogen (secondary N) is 2. The first-order valence-corrected chi connectivity index (χ1v) is 18.6. The monoisotopic (exact) mass is 610 g/mol. The molecule has 4 rings (SSSR count). The highest BCUT2D eigenvalue weighted by atomic mass is 32.1. The third-order valence-electron chi connectivity index (χ3n) is 9.09. The van der Waals surface area contributed by atoms with Gasteiger partial charge in [0, 0.05) is 19.5 Å². The second kappa shape index (κ2) is 16.8. The Morgan fingerprint density at radius 3 is 1.24 bits per heavy atom. The van der Waals surface area contributed by atoms with Gasteiger partial charge in [-0.05, 0) is 62.8 Å². The molecule has 6 heteroatoms. The smallest absolute Gasteiger partial charge is 0.208 e. The lowest BCUT2D eigenvalue weighted by atomic mass is 10.0. The van der Waals surface area contributed by atoms with Crippen molar-refractivity contribution in [3.05, 3.63) is 54.2 Å². The van der Waals surface area contributed by atoms with Crippen molar-refractivity contribution in [2.75, 3.05) is 0 Å². The SMILES string of the molecule is CCCCCCCCCCc1cc(C2NC3=C(NC(c4cc(CCCCCCCCCC)c(C)s4)C3=O)C2=O)sc1C. The number of aryl methyl sites for hydroxylation is 4. The molecule has 232 valence electrons. The topological polar surface area (TPSA) is 58.2 Å². The van der Waals surface area contributed by atoms with Crippen molar-refractivity contribution < 1.29 is 9.59 Å². The van der Waals surface area contributed by atoms with E-state index in [-0.39, 0.29) is 11.6 Å². The van der Waals surface area contributed by atoms with Crippen LogP contribution in [-0.2, 0) is 22.4 Å². The van der Waals surface area contributed by atoms with Crippen LogP contribution in [0.15, 0.2) is 23.5 Å². The van der Waals surface area contributed by atoms with E-state index in [4.69, 9.17) is 0 Å². The third kappa shape index (κ3) is 8.59. The van der Waals surface area contributed by atoms with Crippen molar-refractivity contribution in [2.24, 2.45) is 0 Å². The molecule has 2 aliphatic rings. The molecule has 0 radical (unpaired) electrons. The van der Waals surface area contributed by atoms with Gasteiger partial charge in [-0.2, -0.15) is 0 Å². The number of hydrogen-bond acceptors (Lipinski definition) is 6. The van der Waals surface area contributed by atoms with Crippen LogP contribution in [0.25, 0.3) is 0 Å². The zero-order valence-electron chi connectivity index (χ0n) is 26.7. The summed E-state index contributed by atoms with van der Waals surface area (Å²) < 4.78 is 0. The summed E-state index contributed by atoms with van der Waals surface area (Å²) in [5.74, 6) is 0.0151. The van der Waals surface area contributed by atoms with E-state index in [1.807, 2.05) is 0 Å². The molecule has 0 fully saturated rings. The van der Waals surface area contributed by atoms with Gasteiger partial charge >= 0.3 is 0 Å². The van der Waals surface area contributed by atoms with E-state index in [1.165, 1.54) is 124 Å². The maximum absolute atomic E-state index is 13.5. The van der Waals surface area contributed by atoms with Gasteiger partial charge in [-0.3, -0.25) is 9.59 Å². The molecule has 4 nitrogen and oxygen atoms in total. The second-order valence-electron chi connectivity index (χ2n) is 12.5. The standard InChI is InChI=1S/C36H54N2O2S2/c1-5-7-9-11-13-15-17-19-21-27-23-29(41-25(27)3)31-35(39)33-34(37-31)36(40)32(38-33)30-24-28(26(4)42-30)22-20-18-16-14-12-10-8-6-2/h23-24,31-32,37-38H,5-22H2,1-4H3. The summed E-state index contributed by atoms with van der Waals surface area (Å²) in [7, 11) is 0. The van der Waals surface area contributed by atoms with Crippen LogP contribution in [0.5, 0.6) is 0 Å². The molecular weight excluding hydrogens is 557 g/mol. The summed E-state index contributed by atoms with van der Waals surface area (Å²) in [5, 5.41) is 6.66. The molecule has 2 aromatic heterocycles. The Kier molecular flexibility index (Phi) is 13.2. The molecule has 2 unspecified atom stereocenters. The van der Waals surface area contributed by atoms with E-state index < -0.39 is 12.1 Å². The number of ketones is 2. The largest absolute Gasteiger partial charge is 0.366 e. The lowest BCUT2D eigenvalue weighted by Crippen LogP contribution is -2.30. The highest BCUT2D eigenvalue weighted by Crippen LogP contribution is 2.40. The quantitative estimate of drug-likeness (QED) is 0.146. The summed E-state index contributed by atoms with van der Waals surface area (Å²) in [4.78, 5) is 31.6. The number of carbonyl (C=O) groups is 2. The fraction of sp³-hybridized carbons (Fsp3) is 0.667. The number of thiophene rings is 2. The van der Waals surface area contributed by atoms with E-state index >= 15 is 0 Å². The molecule has 0 spiro atoms. The molecule has 2 N–H and O–H groups in total. The summed E-state index contributed by atoms with van der Waals surface area (Å²) in [6, 6.07) is 3.54. The maximum atomic E-state index is 13.5. The van der Waals surface area contributed by atoms with Crippen LogP contribution in [0.1, 0.15) is 159 Å². The Hall–Kier alpha value is -1.92. The molecule has 2 aliphatic heterocycles. The Labute approximate surface area is 263 Å². The van der Waals surface area contributed by atoms with E-state index in [0.29, 0.717) is 11.4 Å². The van der Waals surface area contributed by atoms with Crippen molar-refractivity contribution in [3.8, 4) is 0 Å². The Balaban J connectivity index is 1.24. The minimum absolute atomic E-state index is 0.00756. The van der Waals surface area contributed by atoms with Gasteiger partial charge < -0.3 is 10.6 Å². The number of carbonyl (C=O) groups excluding carboxylic acids is 2. The van der Waals surface area contributed by atoms with Crippen molar-refractivity contribution in [2.45, 2.75) is 155 Å². The van der Waals surface area contributed by atoms with Gasteiger partial charge in [0.1, 0.15) is 23.5 Å². The van der Waals surface area contributed by atoms with Crippen LogP contribution >= 0.6 is 22.7 Å². The zero-order chi connectivity index (χ0) is 29.9. The lowest BCUT2D eigenvalue weighted by Gasteiger charge is -2.16. The van der Waals surface area contributed by atoms with E-state index in [2.05, 4.69) is 50.5 Å². The fourth-order valence-electron chi connectivity index (χ4n) is 6.41. The molecule has 0 aliphatic carbocycles.